The number of benzene rings is 2. The zero-order valence-electron chi connectivity index (χ0n) is 13.7. The number of ketones is 1. The molecule has 0 radical (unpaired) electrons. The first-order chi connectivity index (χ1) is 12.1. The summed E-state index contributed by atoms with van der Waals surface area (Å²) < 4.78 is 5.84. The van der Waals surface area contributed by atoms with Crippen LogP contribution in [-0.2, 0) is 6.54 Å². The van der Waals surface area contributed by atoms with E-state index in [1.165, 1.54) is 23.8 Å². The third-order valence-corrected chi connectivity index (χ3v) is 5.17. The van der Waals surface area contributed by atoms with E-state index in [0.29, 0.717) is 28.4 Å². The summed E-state index contributed by atoms with van der Waals surface area (Å²) in [5.74, 6) is 0.374. The summed E-state index contributed by atoms with van der Waals surface area (Å²) in [5, 5.41) is 12.9. The van der Waals surface area contributed by atoms with Gasteiger partial charge in [0.15, 0.2) is 5.76 Å². The summed E-state index contributed by atoms with van der Waals surface area (Å²) in [6, 6.07) is 10.3. The number of likely N-dealkylation sites (tertiary alicyclic amines) is 1. The van der Waals surface area contributed by atoms with E-state index in [9.17, 15) is 9.90 Å². The monoisotopic (exact) mass is 355 g/mol. The van der Waals surface area contributed by atoms with Crippen LogP contribution in [0, 0.1) is 0 Å². The second-order valence-corrected chi connectivity index (χ2v) is 6.92. The molecule has 128 valence electrons. The molecule has 0 aliphatic carbocycles. The number of Topliss-reactive ketones (excluding diaryl/α,β-unsaturated/α-hetero) is 1. The molecule has 1 N–H and O–H groups in total. The zero-order valence-corrected chi connectivity index (χ0v) is 14.4. The van der Waals surface area contributed by atoms with E-state index in [4.69, 9.17) is 16.3 Å². The lowest BCUT2D eigenvalue weighted by Gasteiger charge is -2.19. The van der Waals surface area contributed by atoms with Crippen LogP contribution in [0.5, 0.6) is 11.5 Å². The first-order valence-electron chi connectivity index (χ1n) is 8.49. The third kappa shape index (κ3) is 3.03. The molecule has 0 unspecified atom stereocenters. The Bertz CT molecular complexity index is 869. The van der Waals surface area contributed by atoms with E-state index >= 15 is 0 Å². The number of quaternary nitrogens is 1. The summed E-state index contributed by atoms with van der Waals surface area (Å²) in [6.07, 6.45) is 3.99. The lowest BCUT2D eigenvalue weighted by molar-refractivity contribution is -0.901. The highest BCUT2D eigenvalue weighted by molar-refractivity contribution is 6.32. The van der Waals surface area contributed by atoms with Gasteiger partial charge in [0.2, 0.25) is 5.78 Å². The molecule has 0 atom stereocenters. The van der Waals surface area contributed by atoms with E-state index in [2.05, 4.69) is 0 Å². The van der Waals surface area contributed by atoms with Gasteiger partial charge in [-0.3, -0.25) is 4.79 Å². The summed E-state index contributed by atoms with van der Waals surface area (Å²) >= 11 is 6.17. The summed E-state index contributed by atoms with van der Waals surface area (Å²) in [4.78, 5) is 14.0. The molecule has 2 heterocycles. The number of ether oxygens (including phenoxy) is 1. The predicted octanol–water partition coefficient (Wildman–Crippen LogP) is 2.21. The average molecular weight is 356 g/mol. The second-order valence-electron chi connectivity index (χ2n) is 6.51. The lowest BCUT2D eigenvalue weighted by atomic mass is 10.0. The number of nitrogens with one attached hydrogen (secondary N) is 1. The van der Waals surface area contributed by atoms with Gasteiger partial charge < -0.3 is 14.7 Å². The van der Waals surface area contributed by atoms with Gasteiger partial charge in [-0.05, 0) is 23.8 Å². The highest BCUT2D eigenvalue weighted by Gasteiger charge is 2.31. The van der Waals surface area contributed by atoms with E-state index in [0.717, 1.165) is 18.7 Å². The maximum absolute atomic E-state index is 12.7. The number of hydrogen-bond donors (Lipinski definition) is 1. The molecule has 4 nitrogen and oxygen atoms in total. The van der Waals surface area contributed by atoms with Crippen LogP contribution in [0.15, 0.2) is 42.2 Å². The molecule has 2 aromatic rings. The fourth-order valence-electron chi connectivity index (χ4n) is 3.49. The van der Waals surface area contributed by atoms with Gasteiger partial charge in [0.25, 0.3) is 0 Å². The number of fused-ring (bicyclic) bond motifs is 1. The number of hydrogen-bond acceptors (Lipinski definition) is 3. The molecule has 2 aromatic carbocycles. The van der Waals surface area contributed by atoms with Gasteiger partial charge in [-0.15, -0.1) is 0 Å². The van der Waals surface area contributed by atoms with Gasteiger partial charge >= 0.3 is 0 Å². The van der Waals surface area contributed by atoms with Crippen molar-refractivity contribution in [1.29, 1.82) is 0 Å². The smallest absolute Gasteiger partial charge is 0.231 e. The maximum Gasteiger partial charge on any atom is 0.231 e. The standard InChI is InChI=1S/C20H18ClNO3/c21-16-6-2-1-5-13(16)11-18-19(24)14-7-8-17(23)15(20(14)25-18)12-22-9-3-4-10-22/h1-2,5-8,11,23H,3-4,9-10,12H2. The van der Waals surface area contributed by atoms with Crippen LogP contribution in [0.2, 0.25) is 5.02 Å². The van der Waals surface area contributed by atoms with Gasteiger partial charge in [0, 0.05) is 23.4 Å². The van der Waals surface area contributed by atoms with Crippen molar-refractivity contribution in [2.24, 2.45) is 0 Å². The first kappa shape index (κ1) is 16.2. The highest BCUT2D eigenvalue weighted by atomic mass is 35.5. The number of allylic oxidation sites excluding steroid dienone is 1. The Balaban J connectivity index is 1.70. The predicted molar refractivity (Wildman–Crippen MR) is 93.9 cm³/mol. The van der Waals surface area contributed by atoms with Crippen molar-refractivity contribution >= 4 is 23.5 Å². The number of halogens is 1. The fraction of sp³-hybridized carbons (Fsp3) is 0.250. The average Bonchev–Trinajstić information content (AvgIpc) is 3.21. The van der Waals surface area contributed by atoms with Crippen LogP contribution < -0.4 is 14.7 Å². The van der Waals surface area contributed by atoms with E-state index in [1.807, 2.05) is 18.2 Å². The summed E-state index contributed by atoms with van der Waals surface area (Å²) in [7, 11) is 0. The first-order valence-corrected chi connectivity index (χ1v) is 8.86. The number of carbonyl (C=O) groups excluding carboxylic acids is 1. The minimum atomic E-state index is -0.201. The Morgan fingerprint density at radius 1 is 1.16 bits per heavy atom. The lowest BCUT2D eigenvalue weighted by Crippen LogP contribution is -3.08. The Kier molecular flexibility index (Phi) is 4.24. The van der Waals surface area contributed by atoms with Crippen molar-refractivity contribution in [3.8, 4) is 11.5 Å². The van der Waals surface area contributed by atoms with Crippen molar-refractivity contribution < 1.29 is 19.5 Å². The van der Waals surface area contributed by atoms with Gasteiger partial charge in [0.05, 0.1) is 18.7 Å². The Labute approximate surface area is 151 Å². The molecule has 1 fully saturated rings. The van der Waals surface area contributed by atoms with Gasteiger partial charge in [-0.25, -0.2) is 0 Å². The van der Waals surface area contributed by atoms with E-state index in [1.54, 1.807) is 18.2 Å². The van der Waals surface area contributed by atoms with Gasteiger partial charge in [-0.1, -0.05) is 41.6 Å². The van der Waals surface area contributed by atoms with Crippen molar-refractivity contribution in [2.75, 3.05) is 13.1 Å². The van der Waals surface area contributed by atoms with Crippen LogP contribution in [0.1, 0.15) is 34.3 Å². The van der Waals surface area contributed by atoms with Crippen molar-refractivity contribution in [1.82, 2.24) is 0 Å². The quantitative estimate of drug-likeness (QED) is 0.859. The Hall–Kier alpha value is -2.30. The third-order valence-electron chi connectivity index (χ3n) is 4.83. The maximum atomic E-state index is 12.7. The van der Waals surface area contributed by atoms with Crippen molar-refractivity contribution in [2.45, 2.75) is 19.4 Å². The molecule has 0 aromatic heterocycles. The molecule has 1 saturated heterocycles. The normalized spacial score (nSPS) is 18.6. The summed E-state index contributed by atoms with van der Waals surface area (Å²) in [6.45, 7) is 2.72. The topological polar surface area (TPSA) is 53.8 Å². The Morgan fingerprint density at radius 3 is 2.68 bits per heavy atom. The number of carbonyl (C=O) groups is 1. The summed E-state index contributed by atoms with van der Waals surface area (Å²) in [5.41, 5.74) is 1.78. The van der Waals surface area contributed by atoms with Crippen molar-refractivity contribution in [3.63, 3.8) is 0 Å². The molecule has 0 spiro atoms. The molecule has 0 bridgehead atoms. The van der Waals surface area contributed by atoms with E-state index in [-0.39, 0.29) is 17.3 Å². The molecule has 5 heteroatoms. The zero-order chi connectivity index (χ0) is 17.4. The Morgan fingerprint density at radius 2 is 1.92 bits per heavy atom. The minimum absolute atomic E-state index is 0.0649. The SMILES string of the molecule is O=C1C(=Cc2ccccc2Cl)Oc2c1ccc([O-])c2C[NH+]1CCCC1. The molecule has 0 amide bonds. The molecule has 4 rings (SSSR count). The molecule has 2 aliphatic heterocycles. The van der Waals surface area contributed by atoms with E-state index < -0.39 is 0 Å². The number of rotatable bonds is 3. The van der Waals surface area contributed by atoms with Crippen molar-refractivity contribution in [3.05, 3.63) is 63.9 Å². The molecule has 2 aliphatic rings. The van der Waals surface area contributed by atoms with Crippen LogP contribution in [-0.4, -0.2) is 18.9 Å². The van der Waals surface area contributed by atoms with Crippen LogP contribution in [0.4, 0.5) is 0 Å². The van der Waals surface area contributed by atoms with Crippen LogP contribution >= 0.6 is 11.6 Å². The molecular weight excluding hydrogens is 338 g/mol. The minimum Gasteiger partial charge on any atom is -0.872 e. The largest absolute Gasteiger partial charge is 0.872 e. The van der Waals surface area contributed by atoms with Gasteiger partial charge in [0.1, 0.15) is 12.3 Å². The molecule has 0 saturated carbocycles. The fourth-order valence-corrected chi connectivity index (χ4v) is 3.68. The van der Waals surface area contributed by atoms with Crippen LogP contribution in [0.25, 0.3) is 6.08 Å². The highest BCUT2D eigenvalue weighted by Crippen LogP contribution is 2.38. The van der Waals surface area contributed by atoms with Gasteiger partial charge in [-0.2, -0.15) is 0 Å². The second kappa shape index (κ2) is 6.54. The molecular formula is C20H18ClNO3. The molecule has 25 heavy (non-hydrogen) atoms. The van der Waals surface area contributed by atoms with Crippen LogP contribution in [0.3, 0.4) is 0 Å².